The van der Waals surface area contributed by atoms with Gasteiger partial charge in [0.1, 0.15) is 0 Å². The summed E-state index contributed by atoms with van der Waals surface area (Å²) in [7, 11) is 0. The molecule has 0 aromatic heterocycles. The lowest BCUT2D eigenvalue weighted by atomic mass is 9.87. The van der Waals surface area contributed by atoms with E-state index < -0.39 is 0 Å². The summed E-state index contributed by atoms with van der Waals surface area (Å²) >= 11 is 13.8. The van der Waals surface area contributed by atoms with Crippen molar-refractivity contribution in [3.05, 3.63) is 0 Å². The highest BCUT2D eigenvalue weighted by atomic mass is 35.5. The van der Waals surface area contributed by atoms with Crippen LogP contribution in [-0.4, -0.2) is 23.3 Å². The molecule has 12 heavy (non-hydrogen) atoms. The Morgan fingerprint density at radius 3 is 2.08 bits per heavy atom. The number of hydrogen-bond donors (Lipinski definition) is 0. The SMILES string of the molecule is CCSCCC(CC)(CCl)CCl. The van der Waals surface area contributed by atoms with E-state index >= 15 is 0 Å². The Morgan fingerprint density at radius 1 is 1.17 bits per heavy atom. The minimum atomic E-state index is 0.186. The number of hydrogen-bond acceptors (Lipinski definition) is 1. The Labute approximate surface area is 90.4 Å². The highest BCUT2D eigenvalue weighted by Gasteiger charge is 2.25. The quantitative estimate of drug-likeness (QED) is 0.469. The number of halogens is 2. The van der Waals surface area contributed by atoms with Gasteiger partial charge in [-0.3, -0.25) is 0 Å². The Morgan fingerprint density at radius 2 is 1.75 bits per heavy atom. The zero-order valence-electron chi connectivity index (χ0n) is 7.91. The molecule has 0 atom stereocenters. The van der Waals surface area contributed by atoms with Crippen molar-refractivity contribution in [1.82, 2.24) is 0 Å². The van der Waals surface area contributed by atoms with Gasteiger partial charge < -0.3 is 0 Å². The van der Waals surface area contributed by atoms with Crippen molar-refractivity contribution in [3.8, 4) is 0 Å². The minimum Gasteiger partial charge on any atom is -0.162 e. The molecule has 0 unspecified atom stereocenters. The maximum atomic E-state index is 5.91. The fraction of sp³-hybridized carbons (Fsp3) is 1.00. The molecule has 0 aliphatic heterocycles. The summed E-state index contributed by atoms with van der Waals surface area (Å²) in [6, 6.07) is 0. The lowest BCUT2D eigenvalue weighted by Crippen LogP contribution is -2.25. The molecular formula is C9H18Cl2S. The van der Waals surface area contributed by atoms with Gasteiger partial charge in [-0.2, -0.15) is 11.8 Å². The third-order valence-electron chi connectivity index (χ3n) is 2.30. The molecule has 0 bridgehead atoms. The van der Waals surface area contributed by atoms with E-state index in [9.17, 15) is 0 Å². The summed E-state index contributed by atoms with van der Waals surface area (Å²) in [5, 5.41) is 0. The molecule has 0 aromatic rings. The van der Waals surface area contributed by atoms with Crippen molar-refractivity contribution in [2.24, 2.45) is 5.41 Å². The van der Waals surface area contributed by atoms with Crippen molar-refractivity contribution in [1.29, 1.82) is 0 Å². The minimum absolute atomic E-state index is 0.186. The van der Waals surface area contributed by atoms with Crippen LogP contribution in [-0.2, 0) is 0 Å². The van der Waals surface area contributed by atoms with Crippen LogP contribution >= 0.6 is 35.0 Å². The van der Waals surface area contributed by atoms with Crippen molar-refractivity contribution >= 4 is 35.0 Å². The molecule has 74 valence electrons. The van der Waals surface area contributed by atoms with Crippen LogP contribution in [0.1, 0.15) is 26.7 Å². The third kappa shape index (κ3) is 4.25. The van der Waals surface area contributed by atoms with Gasteiger partial charge in [-0.15, -0.1) is 23.2 Å². The average Bonchev–Trinajstić information content (AvgIpc) is 2.14. The van der Waals surface area contributed by atoms with Crippen molar-refractivity contribution < 1.29 is 0 Å². The lowest BCUT2D eigenvalue weighted by molar-refractivity contribution is 0.354. The highest BCUT2D eigenvalue weighted by Crippen LogP contribution is 2.31. The van der Waals surface area contributed by atoms with E-state index in [2.05, 4.69) is 13.8 Å². The van der Waals surface area contributed by atoms with Crippen LogP contribution in [0.15, 0.2) is 0 Å². The summed E-state index contributed by atoms with van der Waals surface area (Å²) in [5.41, 5.74) is 0.186. The zero-order chi connectivity index (χ0) is 9.45. The predicted molar refractivity (Wildman–Crippen MR) is 61.8 cm³/mol. The molecule has 0 rings (SSSR count). The summed E-state index contributed by atoms with van der Waals surface area (Å²) in [5.74, 6) is 3.75. The molecule has 3 heteroatoms. The molecule has 0 aliphatic carbocycles. The van der Waals surface area contributed by atoms with E-state index in [-0.39, 0.29) is 5.41 Å². The molecule has 0 amide bonds. The monoisotopic (exact) mass is 228 g/mol. The van der Waals surface area contributed by atoms with Crippen LogP contribution in [0, 0.1) is 5.41 Å². The fourth-order valence-electron chi connectivity index (χ4n) is 0.968. The Hall–Kier alpha value is 0.930. The van der Waals surface area contributed by atoms with Crippen molar-refractivity contribution in [2.45, 2.75) is 26.7 Å². The van der Waals surface area contributed by atoms with Gasteiger partial charge in [-0.25, -0.2) is 0 Å². The first-order chi connectivity index (χ1) is 5.74. The van der Waals surface area contributed by atoms with Gasteiger partial charge in [-0.1, -0.05) is 13.8 Å². The van der Waals surface area contributed by atoms with E-state index in [0.29, 0.717) is 11.8 Å². The normalized spacial score (nSPS) is 12.0. The van der Waals surface area contributed by atoms with Crippen LogP contribution < -0.4 is 0 Å². The second-order valence-corrected chi connectivity index (χ2v) is 5.00. The standard InChI is InChI=1S/C9H18Cl2S/c1-3-9(7-10,8-11)5-6-12-4-2/h3-8H2,1-2H3. The van der Waals surface area contributed by atoms with E-state index in [1.807, 2.05) is 11.8 Å². The second kappa shape index (κ2) is 7.34. The maximum absolute atomic E-state index is 5.91. The van der Waals surface area contributed by atoms with Crippen molar-refractivity contribution in [2.75, 3.05) is 23.3 Å². The lowest BCUT2D eigenvalue weighted by Gasteiger charge is -2.27. The molecule has 0 aromatic carbocycles. The van der Waals surface area contributed by atoms with Gasteiger partial charge >= 0.3 is 0 Å². The van der Waals surface area contributed by atoms with Crippen LogP contribution in [0.25, 0.3) is 0 Å². The molecule has 0 N–H and O–H groups in total. The predicted octanol–water partition coefficient (Wildman–Crippen LogP) is 4.00. The van der Waals surface area contributed by atoms with Crippen LogP contribution in [0.5, 0.6) is 0 Å². The fourth-order valence-corrected chi connectivity index (χ4v) is 2.77. The van der Waals surface area contributed by atoms with E-state index in [0.717, 1.165) is 12.8 Å². The van der Waals surface area contributed by atoms with Gasteiger partial charge in [0.05, 0.1) is 0 Å². The first-order valence-corrected chi connectivity index (χ1v) is 6.66. The second-order valence-electron chi connectivity index (χ2n) is 3.07. The molecule has 0 spiro atoms. The van der Waals surface area contributed by atoms with Gasteiger partial charge in [0.15, 0.2) is 0 Å². The van der Waals surface area contributed by atoms with Crippen LogP contribution in [0.4, 0.5) is 0 Å². The summed E-state index contributed by atoms with van der Waals surface area (Å²) in [6.07, 6.45) is 2.24. The first-order valence-electron chi connectivity index (χ1n) is 4.44. The topological polar surface area (TPSA) is 0 Å². The maximum Gasteiger partial charge on any atom is 0.0291 e. The number of alkyl halides is 2. The summed E-state index contributed by atoms with van der Waals surface area (Å²) in [4.78, 5) is 0. The molecule has 0 aliphatic rings. The zero-order valence-corrected chi connectivity index (χ0v) is 10.2. The summed E-state index contributed by atoms with van der Waals surface area (Å²) in [6.45, 7) is 4.35. The third-order valence-corrected chi connectivity index (χ3v) is 4.33. The Bertz CT molecular complexity index is 94.4. The smallest absolute Gasteiger partial charge is 0.0291 e. The average molecular weight is 229 g/mol. The van der Waals surface area contributed by atoms with Crippen molar-refractivity contribution in [3.63, 3.8) is 0 Å². The van der Waals surface area contributed by atoms with E-state index in [4.69, 9.17) is 23.2 Å². The van der Waals surface area contributed by atoms with E-state index in [1.54, 1.807) is 0 Å². The Balaban J connectivity index is 3.76. The van der Waals surface area contributed by atoms with Gasteiger partial charge in [0, 0.05) is 11.8 Å². The molecule has 0 radical (unpaired) electrons. The molecule has 0 saturated carbocycles. The molecule has 0 fully saturated rings. The number of rotatable bonds is 7. The molecular weight excluding hydrogens is 211 g/mol. The summed E-state index contributed by atoms with van der Waals surface area (Å²) < 4.78 is 0. The van der Waals surface area contributed by atoms with Crippen LogP contribution in [0.3, 0.4) is 0 Å². The number of thioether (sulfide) groups is 1. The highest BCUT2D eigenvalue weighted by molar-refractivity contribution is 7.99. The van der Waals surface area contributed by atoms with Gasteiger partial charge in [0.25, 0.3) is 0 Å². The van der Waals surface area contributed by atoms with Crippen LogP contribution in [0.2, 0.25) is 0 Å². The van der Waals surface area contributed by atoms with Gasteiger partial charge in [-0.05, 0) is 29.8 Å². The molecule has 0 nitrogen and oxygen atoms in total. The molecule has 0 saturated heterocycles. The molecule has 0 heterocycles. The van der Waals surface area contributed by atoms with Gasteiger partial charge in [0.2, 0.25) is 0 Å². The van der Waals surface area contributed by atoms with E-state index in [1.165, 1.54) is 11.5 Å². The first kappa shape index (κ1) is 12.9. The largest absolute Gasteiger partial charge is 0.162 e. The Kier molecular flexibility index (Phi) is 7.91.